The van der Waals surface area contributed by atoms with Gasteiger partial charge in [0.25, 0.3) is 15.9 Å². The number of benzene rings is 2. The predicted molar refractivity (Wildman–Crippen MR) is 129 cm³/mol. The number of aromatic amines is 1. The van der Waals surface area contributed by atoms with Crippen molar-refractivity contribution < 1.29 is 26.4 Å². The fourth-order valence-electron chi connectivity index (χ4n) is 3.93. The minimum Gasteiger partial charge on any atom is -0.361 e. The standard InChI is InChI=1S/C25H25F3N4O3S/c1-15-16(7-5-8-18(15)25(26,27)28)14-32-20(13-22(30-32)24(2,3)4)23(33)31-36(34,35)21-10-6-9-19-17(21)11-12-29-19/h5-13,29H,14H2,1-4H3,(H,31,33). The lowest BCUT2D eigenvalue weighted by molar-refractivity contribution is -0.138. The van der Waals surface area contributed by atoms with Gasteiger partial charge in [0.1, 0.15) is 5.69 Å². The number of alkyl halides is 3. The topological polar surface area (TPSA) is 96.8 Å². The average molecular weight is 519 g/mol. The summed E-state index contributed by atoms with van der Waals surface area (Å²) < 4.78 is 69.8. The van der Waals surface area contributed by atoms with Gasteiger partial charge in [0.05, 0.1) is 22.7 Å². The maximum absolute atomic E-state index is 13.4. The molecule has 0 saturated carbocycles. The van der Waals surface area contributed by atoms with E-state index in [-0.39, 0.29) is 22.7 Å². The van der Waals surface area contributed by atoms with Crippen molar-refractivity contribution in [3.8, 4) is 0 Å². The van der Waals surface area contributed by atoms with Crippen LogP contribution < -0.4 is 4.72 Å². The molecule has 0 fully saturated rings. The second kappa shape index (κ2) is 8.81. The van der Waals surface area contributed by atoms with Crippen molar-refractivity contribution in [3.63, 3.8) is 0 Å². The first-order valence-electron chi connectivity index (χ1n) is 11.1. The molecule has 1 amide bonds. The molecule has 2 aromatic carbocycles. The summed E-state index contributed by atoms with van der Waals surface area (Å²) in [5, 5.41) is 4.87. The number of nitrogens with zero attached hydrogens (tertiary/aromatic N) is 2. The number of halogens is 3. The number of carbonyl (C=O) groups excluding carboxylic acids is 1. The molecule has 0 radical (unpaired) electrons. The summed E-state index contributed by atoms with van der Waals surface area (Å²) in [6.45, 7) is 6.79. The molecule has 0 aliphatic heterocycles. The lowest BCUT2D eigenvalue weighted by Crippen LogP contribution is -2.32. The normalized spacial score (nSPS) is 12.8. The molecular weight excluding hydrogens is 493 g/mol. The van der Waals surface area contributed by atoms with Crippen LogP contribution in [0.15, 0.2) is 59.6 Å². The average Bonchev–Trinajstić information content (AvgIpc) is 3.40. The van der Waals surface area contributed by atoms with Crippen LogP contribution in [0.1, 0.15) is 53.6 Å². The highest BCUT2D eigenvalue weighted by Gasteiger charge is 2.33. The summed E-state index contributed by atoms with van der Waals surface area (Å²) in [5.41, 5.74) is 0.0303. The van der Waals surface area contributed by atoms with Crippen LogP contribution in [0.5, 0.6) is 0 Å². The highest BCUT2D eigenvalue weighted by molar-refractivity contribution is 7.90. The van der Waals surface area contributed by atoms with E-state index in [4.69, 9.17) is 0 Å². The van der Waals surface area contributed by atoms with E-state index < -0.39 is 33.1 Å². The Morgan fingerprint density at radius 1 is 1.08 bits per heavy atom. The van der Waals surface area contributed by atoms with E-state index >= 15 is 0 Å². The summed E-state index contributed by atoms with van der Waals surface area (Å²) in [6.07, 6.45) is -2.94. The Morgan fingerprint density at radius 3 is 2.44 bits per heavy atom. The lowest BCUT2D eigenvalue weighted by Gasteiger charge is -2.16. The van der Waals surface area contributed by atoms with Crippen molar-refractivity contribution in [2.24, 2.45) is 0 Å². The Labute approximate surface area is 206 Å². The molecule has 0 atom stereocenters. The van der Waals surface area contributed by atoms with Gasteiger partial charge in [-0.1, -0.05) is 39.0 Å². The monoisotopic (exact) mass is 518 g/mol. The zero-order valence-electron chi connectivity index (χ0n) is 20.1. The molecule has 0 unspecified atom stereocenters. The van der Waals surface area contributed by atoms with Crippen LogP contribution in [0.3, 0.4) is 0 Å². The Hall–Kier alpha value is -3.60. The van der Waals surface area contributed by atoms with Crippen LogP contribution in [0.25, 0.3) is 10.9 Å². The summed E-state index contributed by atoms with van der Waals surface area (Å²) in [6, 6.07) is 11.5. The van der Waals surface area contributed by atoms with E-state index in [0.29, 0.717) is 22.2 Å². The fourth-order valence-corrected chi connectivity index (χ4v) is 5.11. The van der Waals surface area contributed by atoms with Crippen LogP contribution in [-0.2, 0) is 28.2 Å². The number of carbonyl (C=O) groups is 1. The van der Waals surface area contributed by atoms with Crippen molar-refractivity contribution in [2.75, 3.05) is 0 Å². The largest absolute Gasteiger partial charge is 0.416 e. The summed E-state index contributed by atoms with van der Waals surface area (Å²) in [5.74, 6) is -0.935. The number of rotatable bonds is 5. The Balaban J connectivity index is 1.74. The molecule has 2 heterocycles. The first-order chi connectivity index (χ1) is 16.7. The van der Waals surface area contributed by atoms with Crippen LogP contribution in [-0.4, -0.2) is 29.1 Å². The molecule has 2 N–H and O–H groups in total. The van der Waals surface area contributed by atoms with Gasteiger partial charge in [-0.25, -0.2) is 13.1 Å². The van der Waals surface area contributed by atoms with Gasteiger partial charge in [-0.15, -0.1) is 0 Å². The van der Waals surface area contributed by atoms with Gasteiger partial charge in [0, 0.05) is 22.5 Å². The number of amides is 1. The first kappa shape index (κ1) is 25.5. The highest BCUT2D eigenvalue weighted by atomic mass is 32.2. The summed E-state index contributed by atoms with van der Waals surface area (Å²) >= 11 is 0. The summed E-state index contributed by atoms with van der Waals surface area (Å²) in [4.78, 5) is 16.1. The third-order valence-electron chi connectivity index (χ3n) is 5.92. The van der Waals surface area contributed by atoms with Crippen molar-refractivity contribution in [3.05, 3.63) is 82.8 Å². The minimum atomic E-state index is -4.53. The Morgan fingerprint density at radius 2 is 1.78 bits per heavy atom. The highest BCUT2D eigenvalue weighted by Crippen LogP contribution is 2.33. The number of sulfonamides is 1. The molecule has 190 valence electrons. The smallest absolute Gasteiger partial charge is 0.361 e. The number of aromatic nitrogens is 3. The number of hydrogen-bond donors (Lipinski definition) is 2. The van der Waals surface area contributed by atoms with Gasteiger partial charge >= 0.3 is 6.18 Å². The van der Waals surface area contributed by atoms with Crippen LogP contribution in [0.4, 0.5) is 13.2 Å². The maximum atomic E-state index is 13.4. The molecule has 0 saturated heterocycles. The van der Waals surface area contributed by atoms with Crippen LogP contribution in [0, 0.1) is 6.92 Å². The van der Waals surface area contributed by atoms with Crippen molar-refractivity contribution in [1.82, 2.24) is 19.5 Å². The van der Waals surface area contributed by atoms with Gasteiger partial charge in [-0.3, -0.25) is 9.48 Å². The molecule has 4 rings (SSSR count). The second-order valence-corrected chi connectivity index (χ2v) is 11.2. The molecule has 0 spiro atoms. The van der Waals surface area contributed by atoms with E-state index in [0.717, 1.165) is 6.07 Å². The van der Waals surface area contributed by atoms with Crippen LogP contribution in [0.2, 0.25) is 0 Å². The number of H-pyrrole nitrogens is 1. The zero-order valence-corrected chi connectivity index (χ0v) is 20.9. The molecule has 0 bridgehead atoms. The van der Waals surface area contributed by atoms with E-state index in [9.17, 15) is 26.4 Å². The summed E-state index contributed by atoms with van der Waals surface area (Å²) in [7, 11) is -4.26. The maximum Gasteiger partial charge on any atom is 0.416 e. The van der Waals surface area contributed by atoms with E-state index in [1.54, 1.807) is 24.4 Å². The molecule has 0 aliphatic rings. The Bertz CT molecular complexity index is 1560. The van der Waals surface area contributed by atoms with Gasteiger partial charge in [0.15, 0.2) is 0 Å². The van der Waals surface area contributed by atoms with Crippen LogP contribution >= 0.6 is 0 Å². The Kier molecular flexibility index (Phi) is 6.24. The number of hydrogen-bond acceptors (Lipinski definition) is 4. The zero-order chi connectivity index (χ0) is 26.5. The molecule has 0 aliphatic carbocycles. The van der Waals surface area contributed by atoms with Crippen molar-refractivity contribution >= 4 is 26.8 Å². The first-order valence-corrected chi connectivity index (χ1v) is 12.5. The lowest BCUT2D eigenvalue weighted by atomic mass is 9.92. The van der Waals surface area contributed by atoms with E-state index in [1.165, 1.54) is 35.9 Å². The number of fused-ring (bicyclic) bond motifs is 1. The van der Waals surface area contributed by atoms with Gasteiger partial charge < -0.3 is 4.98 Å². The molecular formula is C25H25F3N4O3S. The second-order valence-electron chi connectivity index (χ2n) is 9.54. The SMILES string of the molecule is Cc1c(Cn2nc(C(C)(C)C)cc2C(=O)NS(=O)(=O)c2cccc3[nH]ccc23)cccc1C(F)(F)F. The molecule has 2 aromatic heterocycles. The molecule has 11 heteroatoms. The van der Waals surface area contributed by atoms with E-state index in [2.05, 4.69) is 14.8 Å². The molecule has 36 heavy (non-hydrogen) atoms. The van der Waals surface area contributed by atoms with Crippen molar-refractivity contribution in [1.29, 1.82) is 0 Å². The van der Waals surface area contributed by atoms with Gasteiger partial charge in [-0.05, 0) is 48.4 Å². The van der Waals surface area contributed by atoms with Gasteiger partial charge in [0.2, 0.25) is 0 Å². The molecule has 7 nitrogen and oxygen atoms in total. The quantitative estimate of drug-likeness (QED) is 0.382. The molecule has 4 aromatic rings. The fraction of sp³-hybridized carbons (Fsp3) is 0.280. The van der Waals surface area contributed by atoms with E-state index in [1.807, 2.05) is 20.8 Å². The minimum absolute atomic E-state index is 0.0101. The third kappa shape index (κ3) is 4.88. The number of nitrogens with one attached hydrogen (secondary N) is 2. The van der Waals surface area contributed by atoms with Gasteiger partial charge in [-0.2, -0.15) is 18.3 Å². The van der Waals surface area contributed by atoms with Crippen molar-refractivity contribution in [2.45, 2.75) is 50.7 Å². The third-order valence-corrected chi connectivity index (χ3v) is 7.31. The predicted octanol–water partition coefficient (Wildman–Crippen LogP) is 5.16.